The standard InChI is InChI=1S/C11H9F2N3O/c1-2-8-10(13)11(16-6-15-8)17-7-3-4-9(12)14-5-7/h3-6H,2H2,1H3. The lowest BCUT2D eigenvalue weighted by atomic mass is 10.3. The highest BCUT2D eigenvalue weighted by molar-refractivity contribution is 5.25. The van der Waals surface area contributed by atoms with Gasteiger partial charge in [-0.25, -0.2) is 9.97 Å². The van der Waals surface area contributed by atoms with Crippen molar-refractivity contribution in [3.05, 3.63) is 42.1 Å². The summed E-state index contributed by atoms with van der Waals surface area (Å²) in [7, 11) is 0. The first-order valence-corrected chi connectivity index (χ1v) is 4.99. The number of ether oxygens (including phenoxy) is 1. The first-order valence-electron chi connectivity index (χ1n) is 4.99. The molecule has 2 heterocycles. The quantitative estimate of drug-likeness (QED) is 0.769. The molecule has 0 unspecified atom stereocenters. The lowest BCUT2D eigenvalue weighted by Gasteiger charge is -2.06. The van der Waals surface area contributed by atoms with Gasteiger partial charge in [0.15, 0.2) is 0 Å². The summed E-state index contributed by atoms with van der Waals surface area (Å²) in [6.07, 6.45) is 2.81. The molecule has 17 heavy (non-hydrogen) atoms. The molecule has 0 aromatic carbocycles. The molecule has 2 aromatic heterocycles. The molecule has 0 fully saturated rings. The summed E-state index contributed by atoms with van der Waals surface area (Å²) in [4.78, 5) is 10.8. The second-order valence-electron chi connectivity index (χ2n) is 3.21. The van der Waals surface area contributed by atoms with E-state index in [0.717, 1.165) is 12.3 Å². The van der Waals surface area contributed by atoms with Gasteiger partial charge in [-0.2, -0.15) is 13.8 Å². The number of pyridine rings is 1. The van der Waals surface area contributed by atoms with Crippen LogP contribution in [0.25, 0.3) is 0 Å². The van der Waals surface area contributed by atoms with Crippen LogP contribution in [0.1, 0.15) is 12.6 Å². The van der Waals surface area contributed by atoms with Crippen LogP contribution in [0.5, 0.6) is 11.6 Å². The van der Waals surface area contributed by atoms with Gasteiger partial charge < -0.3 is 4.74 Å². The molecule has 0 saturated carbocycles. The molecule has 0 radical (unpaired) electrons. The topological polar surface area (TPSA) is 47.9 Å². The first-order chi connectivity index (χ1) is 8.20. The van der Waals surface area contributed by atoms with Crippen LogP contribution >= 0.6 is 0 Å². The fourth-order valence-electron chi connectivity index (χ4n) is 1.24. The third kappa shape index (κ3) is 2.52. The van der Waals surface area contributed by atoms with Crippen LogP contribution in [-0.2, 0) is 6.42 Å². The van der Waals surface area contributed by atoms with E-state index in [9.17, 15) is 8.78 Å². The number of rotatable bonds is 3. The van der Waals surface area contributed by atoms with Gasteiger partial charge in [-0.3, -0.25) is 0 Å². The Morgan fingerprint density at radius 3 is 2.65 bits per heavy atom. The van der Waals surface area contributed by atoms with Crippen molar-refractivity contribution in [3.63, 3.8) is 0 Å². The lowest BCUT2D eigenvalue weighted by molar-refractivity contribution is 0.411. The van der Waals surface area contributed by atoms with Crippen LogP contribution in [0.3, 0.4) is 0 Å². The van der Waals surface area contributed by atoms with Gasteiger partial charge in [0.25, 0.3) is 5.88 Å². The highest BCUT2D eigenvalue weighted by atomic mass is 19.1. The number of halogens is 2. The molecule has 2 aromatic rings. The lowest BCUT2D eigenvalue weighted by Crippen LogP contribution is -1.99. The van der Waals surface area contributed by atoms with E-state index in [0.29, 0.717) is 6.42 Å². The first kappa shape index (κ1) is 11.4. The van der Waals surface area contributed by atoms with Crippen molar-refractivity contribution in [1.29, 1.82) is 0 Å². The Kier molecular flexibility index (Phi) is 3.22. The molecule has 0 atom stereocenters. The van der Waals surface area contributed by atoms with E-state index in [1.165, 1.54) is 12.4 Å². The largest absolute Gasteiger partial charge is 0.435 e. The van der Waals surface area contributed by atoms with Gasteiger partial charge in [0.2, 0.25) is 11.8 Å². The van der Waals surface area contributed by atoms with Gasteiger partial charge in [0, 0.05) is 0 Å². The highest BCUT2D eigenvalue weighted by Crippen LogP contribution is 2.22. The minimum atomic E-state index is -0.630. The van der Waals surface area contributed by atoms with Gasteiger partial charge in [0.1, 0.15) is 12.1 Å². The Morgan fingerprint density at radius 2 is 2.00 bits per heavy atom. The predicted molar refractivity (Wildman–Crippen MR) is 55.6 cm³/mol. The van der Waals surface area contributed by atoms with Gasteiger partial charge >= 0.3 is 0 Å². The molecular formula is C11H9F2N3O. The maximum atomic E-state index is 13.7. The Morgan fingerprint density at radius 1 is 1.18 bits per heavy atom. The molecule has 0 aliphatic carbocycles. The minimum absolute atomic E-state index is 0.190. The van der Waals surface area contributed by atoms with E-state index in [1.807, 2.05) is 0 Å². The van der Waals surface area contributed by atoms with Crippen LogP contribution in [0.15, 0.2) is 24.7 Å². The Bertz CT molecular complexity index is 517. The van der Waals surface area contributed by atoms with E-state index >= 15 is 0 Å². The molecule has 4 nitrogen and oxygen atoms in total. The smallest absolute Gasteiger partial charge is 0.259 e. The van der Waals surface area contributed by atoms with Crippen molar-refractivity contribution < 1.29 is 13.5 Å². The monoisotopic (exact) mass is 237 g/mol. The van der Waals surface area contributed by atoms with Gasteiger partial charge in [-0.1, -0.05) is 6.92 Å². The summed E-state index contributed by atoms with van der Waals surface area (Å²) >= 11 is 0. The maximum absolute atomic E-state index is 13.7. The van der Waals surface area contributed by atoms with E-state index in [4.69, 9.17) is 4.74 Å². The molecular weight excluding hydrogens is 228 g/mol. The van der Waals surface area contributed by atoms with Gasteiger partial charge in [-0.15, -0.1) is 0 Å². The van der Waals surface area contributed by atoms with Crippen molar-refractivity contribution in [2.24, 2.45) is 0 Å². The zero-order valence-corrected chi connectivity index (χ0v) is 9.02. The molecule has 0 bridgehead atoms. The second kappa shape index (κ2) is 4.82. The summed E-state index contributed by atoms with van der Waals surface area (Å²) in [5, 5.41) is 0. The summed E-state index contributed by atoms with van der Waals surface area (Å²) in [6, 6.07) is 2.46. The van der Waals surface area contributed by atoms with Crippen molar-refractivity contribution in [1.82, 2.24) is 15.0 Å². The van der Waals surface area contributed by atoms with Crippen LogP contribution in [0, 0.1) is 11.8 Å². The van der Waals surface area contributed by atoms with Crippen molar-refractivity contribution in [2.45, 2.75) is 13.3 Å². The molecule has 6 heteroatoms. The van der Waals surface area contributed by atoms with Crippen LogP contribution < -0.4 is 4.74 Å². The SMILES string of the molecule is CCc1ncnc(Oc2ccc(F)nc2)c1F. The highest BCUT2D eigenvalue weighted by Gasteiger charge is 2.11. The maximum Gasteiger partial charge on any atom is 0.259 e. The molecule has 0 aliphatic rings. The molecule has 0 aliphatic heterocycles. The number of aryl methyl sites for hydroxylation is 1. The number of nitrogens with zero attached hydrogens (tertiary/aromatic N) is 3. The Labute approximate surface area is 96.3 Å². The third-order valence-electron chi connectivity index (χ3n) is 2.08. The number of hydrogen-bond donors (Lipinski definition) is 0. The van der Waals surface area contributed by atoms with E-state index in [1.54, 1.807) is 6.92 Å². The van der Waals surface area contributed by atoms with Crippen molar-refractivity contribution in [2.75, 3.05) is 0 Å². The van der Waals surface area contributed by atoms with Crippen molar-refractivity contribution in [3.8, 4) is 11.6 Å². The minimum Gasteiger partial charge on any atom is -0.435 e. The van der Waals surface area contributed by atoms with Gasteiger partial charge in [-0.05, 0) is 18.6 Å². The normalized spacial score (nSPS) is 10.3. The molecule has 0 N–H and O–H groups in total. The summed E-state index contributed by atoms with van der Waals surface area (Å²) < 4.78 is 31.4. The average Bonchev–Trinajstić information content (AvgIpc) is 2.35. The molecule has 0 amide bonds. The van der Waals surface area contributed by atoms with Crippen LogP contribution in [-0.4, -0.2) is 15.0 Å². The molecule has 88 valence electrons. The molecule has 0 saturated heterocycles. The molecule has 2 rings (SSSR count). The summed E-state index contributed by atoms with van der Waals surface area (Å²) in [6.45, 7) is 1.77. The molecule has 0 spiro atoms. The van der Waals surface area contributed by atoms with Crippen LogP contribution in [0.4, 0.5) is 8.78 Å². The number of hydrogen-bond acceptors (Lipinski definition) is 4. The van der Waals surface area contributed by atoms with E-state index in [2.05, 4.69) is 15.0 Å². The third-order valence-corrected chi connectivity index (χ3v) is 2.08. The Balaban J connectivity index is 2.27. The second-order valence-corrected chi connectivity index (χ2v) is 3.21. The Hall–Kier alpha value is -2.11. The fraction of sp³-hybridized carbons (Fsp3) is 0.182. The van der Waals surface area contributed by atoms with E-state index in [-0.39, 0.29) is 17.3 Å². The average molecular weight is 237 g/mol. The van der Waals surface area contributed by atoms with Crippen LogP contribution in [0.2, 0.25) is 0 Å². The van der Waals surface area contributed by atoms with Gasteiger partial charge in [0.05, 0.1) is 11.9 Å². The summed E-state index contributed by atoms with van der Waals surface area (Å²) in [5.74, 6) is -1.22. The zero-order valence-electron chi connectivity index (χ0n) is 9.02. The zero-order chi connectivity index (χ0) is 12.3. The predicted octanol–water partition coefficient (Wildman–Crippen LogP) is 2.50. The number of aromatic nitrogens is 3. The van der Waals surface area contributed by atoms with E-state index < -0.39 is 11.8 Å². The summed E-state index contributed by atoms with van der Waals surface area (Å²) in [5.41, 5.74) is 0.269. The fourth-order valence-corrected chi connectivity index (χ4v) is 1.24. The van der Waals surface area contributed by atoms with Crippen molar-refractivity contribution >= 4 is 0 Å².